The topological polar surface area (TPSA) is 33.7 Å². The third-order valence-corrected chi connectivity index (χ3v) is 4.14. The molecule has 4 heteroatoms. The molecule has 0 bridgehead atoms. The molecule has 1 unspecified atom stereocenters. The summed E-state index contributed by atoms with van der Waals surface area (Å²) >= 11 is 0. The van der Waals surface area contributed by atoms with Gasteiger partial charge in [0, 0.05) is 18.6 Å². The normalized spacial score (nSPS) is 18.6. The second-order valence-electron chi connectivity index (χ2n) is 5.68. The maximum Gasteiger partial charge on any atom is 0.231 e. The third-order valence-electron chi connectivity index (χ3n) is 4.14. The third kappa shape index (κ3) is 2.91. The SMILES string of the molecule is CCCN(CC(NC)c1ccc2c(c1)OCO2)C1CC1. The second kappa shape index (κ2) is 6.02. The number of benzene rings is 1. The molecule has 1 saturated carbocycles. The van der Waals surface area contributed by atoms with Crippen LogP contribution in [0.4, 0.5) is 0 Å². The lowest BCUT2D eigenvalue weighted by atomic mass is 10.1. The van der Waals surface area contributed by atoms with E-state index in [0.717, 1.165) is 24.1 Å². The quantitative estimate of drug-likeness (QED) is 0.830. The van der Waals surface area contributed by atoms with Gasteiger partial charge >= 0.3 is 0 Å². The van der Waals surface area contributed by atoms with Crippen LogP contribution in [0.2, 0.25) is 0 Å². The summed E-state index contributed by atoms with van der Waals surface area (Å²) in [7, 11) is 2.03. The molecular formula is C16H24N2O2. The van der Waals surface area contributed by atoms with Gasteiger partial charge in [0.15, 0.2) is 11.5 Å². The van der Waals surface area contributed by atoms with Crippen molar-refractivity contribution < 1.29 is 9.47 Å². The lowest BCUT2D eigenvalue weighted by Crippen LogP contribution is -2.35. The molecule has 1 heterocycles. The van der Waals surface area contributed by atoms with Gasteiger partial charge in [0.25, 0.3) is 0 Å². The second-order valence-corrected chi connectivity index (χ2v) is 5.68. The highest BCUT2D eigenvalue weighted by atomic mass is 16.7. The molecule has 0 radical (unpaired) electrons. The minimum atomic E-state index is 0.340. The smallest absolute Gasteiger partial charge is 0.231 e. The van der Waals surface area contributed by atoms with Crippen LogP contribution in [0, 0.1) is 0 Å². The van der Waals surface area contributed by atoms with Gasteiger partial charge in [-0.3, -0.25) is 4.90 Å². The van der Waals surface area contributed by atoms with Crippen molar-refractivity contribution in [2.24, 2.45) is 0 Å². The summed E-state index contributed by atoms with van der Waals surface area (Å²) in [6.45, 7) is 4.85. The highest BCUT2D eigenvalue weighted by Gasteiger charge is 2.30. The molecule has 1 aliphatic carbocycles. The zero-order chi connectivity index (χ0) is 13.9. The highest BCUT2D eigenvalue weighted by Crippen LogP contribution is 2.35. The minimum absolute atomic E-state index is 0.340. The molecule has 2 aliphatic rings. The number of likely N-dealkylation sites (N-methyl/N-ethyl adjacent to an activating group) is 1. The van der Waals surface area contributed by atoms with Crippen LogP contribution >= 0.6 is 0 Å². The Kier molecular flexibility index (Phi) is 4.13. The summed E-state index contributed by atoms with van der Waals surface area (Å²) in [4.78, 5) is 2.62. The van der Waals surface area contributed by atoms with Gasteiger partial charge in [0.1, 0.15) is 0 Å². The summed E-state index contributed by atoms with van der Waals surface area (Å²) < 4.78 is 10.9. The van der Waals surface area contributed by atoms with Crippen LogP contribution < -0.4 is 14.8 Å². The number of fused-ring (bicyclic) bond motifs is 1. The van der Waals surface area contributed by atoms with E-state index in [2.05, 4.69) is 29.3 Å². The zero-order valence-corrected chi connectivity index (χ0v) is 12.4. The van der Waals surface area contributed by atoms with E-state index in [-0.39, 0.29) is 0 Å². The van der Waals surface area contributed by atoms with Crippen LogP contribution in [0.3, 0.4) is 0 Å². The Morgan fingerprint density at radius 1 is 1.30 bits per heavy atom. The van der Waals surface area contributed by atoms with Crippen LogP contribution in [-0.4, -0.2) is 37.9 Å². The van der Waals surface area contributed by atoms with Gasteiger partial charge in [-0.1, -0.05) is 13.0 Å². The van der Waals surface area contributed by atoms with E-state index in [0.29, 0.717) is 12.8 Å². The highest BCUT2D eigenvalue weighted by molar-refractivity contribution is 5.45. The molecule has 0 saturated heterocycles. The molecule has 4 nitrogen and oxygen atoms in total. The number of rotatable bonds is 7. The number of hydrogen-bond acceptors (Lipinski definition) is 4. The first kappa shape index (κ1) is 13.7. The molecule has 1 aliphatic heterocycles. The van der Waals surface area contributed by atoms with Crippen molar-refractivity contribution in [2.75, 3.05) is 26.9 Å². The summed E-state index contributed by atoms with van der Waals surface area (Å²) in [6.07, 6.45) is 3.93. The summed E-state index contributed by atoms with van der Waals surface area (Å²) in [5.41, 5.74) is 1.28. The Labute approximate surface area is 121 Å². The van der Waals surface area contributed by atoms with Crippen LogP contribution in [0.1, 0.15) is 37.8 Å². The molecule has 1 atom stereocenters. The molecule has 0 aromatic heterocycles. The van der Waals surface area contributed by atoms with Gasteiger partial charge < -0.3 is 14.8 Å². The molecular weight excluding hydrogens is 252 g/mol. The predicted molar refractivity (Wildman–Crippen MR) is 79.3 cm³/mol. The standard InChI is InChI=1S/C16H24N2O2/c1-3-8-18(13-5-6-13)10-14(17-2)12-4-7-15-16(9-12)20-11-19-15/h4,7,9,13-14,17H,3,5-6,8,10-11H2,1-2H3. The Bertz CT molecular complexity index is 460. The van der Waals surface area contributed by atoms with Crippen molar-refractivity contribution >= 4 is 0 Å². The Balaban J connectivity index is 1.71. The summed E-state index contributed by atoms with van der Waals surface area (Å²) in [5.74, 6) is 1.73. The average molecular weight is 276 g/mol. The van der Waals surface area contributed by atoms with Gasteiger partial charge in [0.2, 0.25) is 6.79 Å². The van der Waals surface area contributed by atoms with Crippen LogP contribution in [-0.2, 0) is 0 Å². The Hall–Kier alpha value is -1.26. The monoisotopic (exact) mass is 276 g/mol. The lowest BCUT2D eigenvalue weighted by Gasteiger charge is -2.27. The first-order chi connectivity index (χ1) is 9.81. The van der Waals surface area contributed by atoms with Gasteiger partial charge in [-0.05, 0) is 50.6 Å². The van der Waals surface area contributed by atoms with Gasteiger partial charge in [-0.15, -0.1) is 0 Å². The minimum Gasteiger partial charge on any atom is -0.454 e. The maximum atomic E-state index is 5.48. The van der Waals surface area contributed by atoms with Gasteiger partial charge in [-0.2, -0.15) is 0 Å². The van der Waals surface area contributed by atoms with Crippen molar-refractivity contribution in [1.29, 1.82) is 0 Å². The predicted octanol–water partition coefficient (Wildman–Crippen LogP) is 2.55. The van der Waals surface area contributed by atoms with Crippen LogP contribution in [0.25, 0.3) is 0 Å². The van der Waals surface area contributed by atoms with Gasteiger partial charge in [-0.25, -0.2) is 0 Å². The molecule has 20 heavy (non-hydrogen) atoms. The molecule has 3 rings (SSSR count). The Morgan fingerprint density at radius 3 is 2.80 bits per heavy atom. The number of nitrogens with one attached hydrogen (secondary N) is 1. The van der Waals surface area contributed by atoms with Crippen LogP contribution in [0.5, 0.6) is 11.5 Å². The van der Waals surface area contributed by atoms with Crippen molar-refractivity contribution in [2.45, 2.75) is 38.3 Å². The zero-order valence-electron chi connectivity index (χ0n) is 12.4. The van der Waals surface area contributed by atoms with E-state index in [1.807, 2.05) is 13.1 Å². The average Bonchev–Trinajstić information content (AvgIpc) is 3.20. The molecule has 1 fully saturated rings. The lowest BCUT2D eigenvalue weighted by molar-refractivity contribution is 0.174. The van der Waals surface area contributed by atoms with E-state index in [9.17, 15) is 0 Å². The molecule has 1 aromatic rings. The van der Waals surface area contributed by atoms with E-state index in [1.165, 1.54) is 31.4 Å². The number of nitrogens with zero attached hydrogens (tertiary/aromatic N) is 1. The molecule has 0 amide bonds. The van der Waals surface area contributed by atoms with E-state index in [4.69, 9.17) is 9.47 Å². The van der Waals surface area contributed by atoms with Crippen molar-refractivity contribution in [3.8, 4) is 11.5 Å². The number of hydrogen-bond donors (Lipinski definition) is 1. The fourth-order valence-corrected chi connectivity index (χ4v) is 2.88. The fraction of sp³-hybridized carbons (Fsp3) is 0.625. The van der Waals surface area contributed by atoms with Crippen molar-refractivity contribution in [3.05, 3.63) is 23.8 Å². The molecule has 110 valence electrons. The summed E-state index contributed by atoms with van der Waals surface area (Å²) in [5, 5.41) is 3.44. The molecule has 1 N–H and O–H groups in total. The van der Waals surface area contributed by atoms with E-state index < -0.39 is 0 Å². The number of ether oxygens (including phenoxy) is 2. The largest absolute Gasteiger partial charge is 0.454 e. The summed E-state index contributed by atoms with van der Waals surface area (Å²) in [6, 6.07) is 7.42. The van der Waals surface area contributed by atoms with Gasteiger partial charge in [0.05, 0.1) is 0 Å². The Morgan fingerprint density at radius 2 is 2.10 bits per heavy atom. The van der Waals surface area contributed by atoms with E-state index in [1.54, 1.807) is 0 Å². The first-order valence-electron chi connectivity index (χ1n) is 7.62. The maximum absolute atomic E-state index is 5.48. The van der Waals surface area contributed by atoms with Crippen molar-refractivity contribution in [1.82, 2.24) is 10.2 Å². The van der Waals surface area contributed by atoms with Crippen LogP contribution in [0.15, 0.2) is 18.2 Å². The molecule has 0 spiro atoms. The van der Waals surface area contributed by atoms with Crippen molar-refractivity contribution in [3.63, 3.8) is 0 Å². The van der Waals surface area contributed by atoms with E-state index >= 15 is 0 Å². The molecule has 1 aromatic carbocycles. The first-order valence-corrected chi connectivity index (χ1v) is 7.62. The fourth-order valence-electron chi connectivity index (χ4n) is 2.88.